The lowest BCUT2D eigenvalue weighted by molar-refractivity contribution is 0.0851. The quantitative estimate of drug-likeness (QED) is 0.269. The third-order valence-electron chi connectivity index (χ3n) is 5.09. The van der Waals surface area contributed by atoms with E-state index in [4.69, 9.17) is 9.72 Å². The van der Waals surface area contributed by atoms with Crippen molar-refractivity contribution in [2.24, 2.45) is 0 Å². The Morgan fingerprint density at radius 3 is 2.68 bits per heavy atom. The van der Waals surface area contributed by atoms with Crippen LogP contribution in [0.5, 0.6) is 0 Å². The minimum atomic E-state index is -1.10. The second kappa shape index (κ2) is 9.02. The predicted octanol–water partition coefficient (Wildman–Crippen LogP) is 4.76. The Balaban J connectivity index is 1.50. The molecule has 0 fully saturated rings. The van der Waals surface area contributed by atoms with Crippen molar-refractivity contribution in [3.8, 4) is 10.6 Å². The Labute approximate surface area is 188 Å². The van der Waals surface area contributed by atoms with E-state index in [2.05, 4.69) is 63.0 Å². The smallest absolute Gasteiger partial charge is 0.252 e. The molecule has 0 unspecified atom stereocenters. The molecule has 31 heavy (non-hydrogen) atoms. The lowest BCUT2D eigenvalue weighted by Crippen LogP contribution is -2.22. The van der Waals surface area contributed by atoms with Crippen molar-refractivity contribution in [2.75, 3.05) is 6.61 Å². The first kappa shape index (κ1) is 21.9. The molecular weight excluding hydrogens is 424 g/mol. The van der Waals surface area contributed by atoms with Gasteiger partial charge in [-0.1, -0.05) is 25.7 Å². The van der Waals surface area contributed by atoms with E-state index in [1.54, 1.807) is 11.3 Å². The van der Waals surface area contributed by atoms with Gasteiger partial charge in [-0.25, -0.2) is 14.5 Å². The third-order valence-corrected chi connectivity index (χ3v) is 7.69. The fourth-order valence-electron chi connectivity index (χ4n) is 3.39. The van der Waals surface area contributed by atoms with Crippen molar-refractivity contribution in [3.63, 3.8) is 0 Å². The molecule has 0 aliphatic rings. The lowest BCUT2D eigenvalue weighted by Gasteiger charge is -2.16. The topological polar surface area (TPSA) is 70.1 Å². The highest BCUT2D eigenvalue weighted by Gasteiger charge is 2.15. The molecule has 4 aromatic heterocycles. The van der Waals surface area contributed by atoms with Gasteiger partial charge >= 0.3 is 0 Å². The fourth-order valence-corrected chi connectivity index (χ4v) is 4.82. The Bertz CT molecular complexity index is 1160. The molecule has 0 atom stereocenters. The maximum atomic E-state index is 6.01. The molecule has 0 amide bonds. The van der Waals surface area contributed by atoms with E-state index in [0.29, 0.717) is 18.9 Å². The van der Waals surface area contributed by atoms with Gasteiger partial charge in [0.2, 0.25) is 0 Å². The minimum absolute atomic E-state index is 0.524. The van der Waals surface area contributed by atoms with Crippen LogP contribution in [0.25, 0.3) is 16.3 Å². The normalized spacial score (nSPS) is 12.2. The van der Waals surface area contributed by atoms with Crippen LogP contribution in [-0.2, 0) is 24.3 Å². The number of fused-ring (bicyclic) bond motifs is 1. The van der Waals surface area contributed by atoms with Crippen LogP contribution in [0.4, 0.5) is 0 Å². The molecule has 0 aliphatic heterocycles. The average Bonchev–Trinajstić information content (AvgIpc) is 3.41. The predicted molar refractivity (Wildman–Crippen MR) is 127 cm³/mol. The number of rotatable bonds is 9. The zero-order chi connectivity index (χ0) is 22.0. The largest absolute Gasteiger partial charge is 0.361 e. The summed E-state index contributed by atoms with van der Waals surface area (Å²) < 4.78 is 9.95. The number of nitrogens with zero attached hydrogens (tertiary/aromatic N) is 6. The summed E-state index contributed by atoms with van der Waals surface area (Å²) in [6.45, 7) is 12.4. The highest BCUT2D eigenvalue weighted by atomic mass is 32.1. The van der Waals surface area contributed by atoms with Gasteiger partial charge in [-0.3, -0.25) is 0 Å². The SMILES string of the molecule is Cc1cc(C)n2nc(CCc3nc(-c4cccs4)cn3COCC[Si](C)(C)C)nc2n1. The Kier molecular flexibility index (Phi) is 6.36. The zero-order valence-electron chi connectivity index (χ0n) is 18.9. The maximum Gasteiger partial charge on any atom is 0.252 e. The van der Waals surface area contributed by atoms with Crippen molar-refractivity contribution < 1.29 is 4.74 Å². The van der Waals surface area contributed by atoms with Crippen molar-refractivity contribution >= 4 is 25.2 Å². The van der Waals surface area contributed by atoms with E-state index in [-0.39, 0.29) is 0 Å². The Morgan fingerprint density at radius 1 is 1.10 bits per heavy atom. The summed E-state index contributed by atoms with van der Waals surface area (Å²) in [5.41, 5.74) is 2.99. The van der Waals surface area contributed by atoms with E-state index < -0.39 is 8.07 Å². The molecule has 0 bridgehead atoms. The second-order valence-electron chi connectivity index (χ2n) is 9.12. The molecule has 4 aromatic rings. The third kappa shape index (κ3) is 5.47. The number of thiophene rings is 1. The van der Waals surface area contributed by atoms with E-state index in [9.17, 15) is 0 Å². The highest BCUT2D eigenvalue weighted by Crippen LogP contribution is 2.24. The van der Waals surface area contributed by atoms with Crippen LogP contribution in [0, 0.1) is 13.8 Å². The molecule has 0 radical (unpaired) electrons. The van der Waals surface area contributed by atoms with Gasteiger partial charge in [0.15, 0.2) is 5.82 Å². The summed E-state index contributed by atoms with van der Waals surface area (Å²) in [6, 6.07) is 7.34. The van der Waals surface area contributed by atoms with Gasteiger partial charge in [0, 0.05) is 45.1 Å². The number of ether oxygens (including phenoxy) is 1. The van der Waals surface area contributed by atoms with Gasteiger partial charge in [-0.2, -0.15) is 4.98 Å². The number of aryl methyl sites for hydroxylation is 4. The standard InChI is InChI=1S/C22H30N6OSSi/c1-16-13-17(2)28-22(23-16)25-20(26-28)8-9-21-24-18(19-7-6-11-30-19)14-27(21)15-29-10-12-31(3,4)5/h6-7,11,13-14H,8-10,12,15H2,1-5H3. The molecule has 0 spiro atoms. The first-order chi connectivity index (χ1) is 14.8. The van der Waals surface area contributed by atoms with Gasteiger partial charge in [-0.05, 0) is 37.4 Å². The molecule has 4 rings (SSSR count). The van der Waals surface area contributed by atoms with Gasteiger partial charge in [-0.15, -0.1) is 16.4 Å². The molecule has 0 N–H and O–H groups in total. The number of hydrogen-bond donors (Lipinski definition) is 0. The van der Waals surface area contributed by atoms with Crippen LogP contribution in [0.2, 0.25) is 25.7 Å². The Morgan fingerprint density at radius 2 is 1.94 bits per heavy atom. The van der Waals surface area contributed by atoms with Gasteiger partial charge in [0.25, 0.3) is 5.78 Å². The van der Waals surface area contributed by atoms with Crippen LogP contribution in [0.3, 0.4) is 0 Å². The van der Waals surface area contributed by atoms with E-state index in [0.717, 1.165) is 47.8 Å². The summed E-state index contributed by atoms with van der Waals surface area (Å²) in [7, 11) is -1.10. The molecule has 164 valence electrons. The molecule has 9 heteroatoms. The van der Waals surface area contributed by atoms with E-state index >= 15 is 0 Å². The molecule has 0 aromatic carbocycles. The van der Waals surface area contributed by atoms with E-state index in [1.165, 1.54) is 4.88 Å². The van der Waals surface area contributed by atoms with Crippen LogP contribution < -0.4 is 0 Å². The molecule has 0 aliphatic carbocycles. The molecule has 0 saturated carbocycles. The summed E-state index contributed by atoms with van der Waals surface area (Å²) in [4.78, 5) is 15.2. The highest BCUT2D eigenvalue weighted by molar-refractivity contribution is 7.13. The summed E-state index contributed by atoms with van der Waals surface area (Å²) in [6.07, 6.45) is 3.55. The van der Waals surface area contributed by atoms with Crippen molar-refractivity contribution in [3.05, 3.63) is 52.8 Å². The summed E-state index contributed by atoms with van der Waals surface area (Å²) >= 11 is 1.70. The number of hydrogen-bond acceptors (Lipinski definition) is 6. The van der Waals surface area contributed by atoms with Crippen molar-refractivity contribution in [1.82, 2.24) is 29.1 Å². The summed E-state index contributed by atoms with van der Waals surface area (Å²) in [5, 5.41) is 6.72. The first-order valence-corrected chi connectivity index (χ1v) is 15.2. The van der Waals surface area contributed by atoms with E-state index in [1.807, 2.05) is 24.4 Å². The lowest BCUT2D eigenvalue weighted by atomic mass is 10.3. The van der Waals surface area contributed by atoms with Gasteiger partial charge < -0.3 is 9.30 Å². The first-order valence-electron chi connectivity index (χ1n) is 10.7. The maximum absolute atomic E-state index is 6.01. The number of aromatic nitrogens is 6. The Hall–Kier alpha value is -2.36. The van der Waals surface area contributed by atoms with Crippen LogP contribution in [0.15, 0.2) is 29.8 Å². The van der Waals surface area contributed by atoms with Crippen LogP contribution in [0.1, 0.15) is 23.0 Å². The fraction of sp³-hybridized carbons (Fsp3) is 0.455. The van der Waals surface area contributed by atoms with Crippen LogP contribution in [-0.4, -0.2) is 43.8 Å². The van der Waals surface area contributed by atoms with Crippen molar-refractivity contribution in [1.29, 1.82) is 0 Å². The minimum Gasteiger partial charge on any atom is -0.361 e. The average molecular weight is 455 g/mol. The number of imidazole rings is 1. The second-order valence-corrected chi connectivity index (χ2v) is 15.7. The monoisotopic (exact) mass is 454 g/mol. The zero-order valence-corrected chi connectivity index (χ0v) is 20.7. The molecule has 4 heterocycles. The summed E-state index contributed by atoms with van der Waals surface area (Å²) in [5.74, 6) is 2.44. The van der Waals surface area contributed by atoms with Gasteiger partial charge in [0.05, 0.1) is 10.6 Å². The molecule has 0 saturated heterocycles. The molecular formula is C22H30N6OSSi. The van der Waals surface area contributed by atoms with Crippen LogP contribution >= 0.6 is 11.3 Å². The molecule has 7 nitrogen and oxygen atoms in total. The van der Waals surface area contributed by atoms with Gasteiger partial charge in [0.1, 0.15) is 12.6 Å². The van der Waals surface area contributed by atoms with Crippen molar-refractivity contribution in [2.45, 2.75) is 59.1 Å².